The molecule has 0 unspecified atom stereocenters. The van der Waals surface area contributed by atoms with Crippen LogP contribution < -0.4 is 5.32 Å². The van der Waals surface area contributed by atoms with Crippen LogP contribution in [-0.4, -0.2) is 27.2 Å². The number of H-pyrrole nitrogens is 1. The molecule has 0 radical (unpaired) electrons. The molecular formula is C17H19BrN4O. The second kappa shape index (κ2) is 6.58. The zero-order valence-electron chi connectivity index (χ0n) is 13.2. The first kappa shape index (κ1) is 15.8. The van der Waals surface area contributed by atoms with Gasteiger partial charge in [-0.1, -0.05) is 15.9 Å². The zero-order valence-corrected chi connectivity index (χ0v) is 14.8. The van der Waals surface area contributed by atoms with Crippen molar-refractivity contribution in [2.75, 3.05) is 6.54 Å². The molecule has 0 saturated heterocycles. The van der Waals surface area contributed by atoms with Crippen molar-refractivity contribution in [3.63, 3.8) is 0 Å². The minimum absolute atomic E-state index is 0.0781. The lowest BCUT2D eigenvalue weighted by Crippen LogP contribution is -2.25. The molecule has 1 aromatic carbocycles. The van der Waals surface area contributed by atoms with E-state index < -0.39 is 0 Å². The number of halogens is 1. The Kier molecular flexibility index (Phi) is 4.52. The predicted molar refractivity (Wildman–Crippen MR) is 94.6 cm³/mol. The third-order valence-corrected chi connectivity index (χ3v) is 4.26. The summed E-state index contributed by atoms with van der Waals surface area (Å²) in [5.74, 6) is -0.0781. The lowest BCUT2D eigenvalue weighted by atomic mass is 10.2. The lowest BCUT2D eigenvalue weighted by Gasteiger charge is -2.05. The van der Waals surface area contributed by atoms with Crippen LogP contribution in [0.1, 0.15) is 28.3 Å². The van der Waals surface area contributed by atoms with Crippen molar-refractivity contribution in [2.45, 2.75) is 26.8 Å². The number of hydrogen-bond donors (Lipinski definition) is 2. The molecule has 2 heterocycles. The van der Waals surface area contributed by atoms with Crippen molar-refractivity contribution in [3.05, 3.63) is 51.9 Å². The summed E-state index contributed by atoms with van der Waals surface area (Å²) in [4.78, 5) is 15.3. The highest BCUT2D eigenvalue weighted by atomic mass is 79.9. The van der Waals surface area contributed by atoms with Gasteiger partial charge in [-0.15, -0.1) is 0 Å². The number of amides is 1. The maximum Gasteiger partial charge on any atom is 0.267 e. The van der Waals surface area contributed by atoms with E-state index in [0.29, 0.717) is 12.2 Å². The summed E-state index contributed by atoms with van der Waals surface area (Å²) in [6.07, 6.45) is 0.847. The highest BCUT2D eigenvalue weighted by Crippen LogP contribution is 2.20. The molecule has 3 rings (SSSR count). The van der Waals surface area contributed by atoms with E-state index in [9.17, 15) is 4.79 Å². The quantitative estimate of drug-likeness (QED) is 0.670. The molecular weight excluding hydrogens is 356 g/mol. The van der Waals surface area contributed by atoms with Gasteiger partial charge in [0.1, 0.15) is 5.69 Å². The number of aryl methyl sites for hydroxylation is 3. The monoisotopic (exact) mass is 374 g/mol. The van der Waals surface area contributed by atoms with E-state index >= 15 is 0 Å². The SMILES string of the molecule is Cc1cc(C)n(CCCNC(=O)c2cc3cc(Br)ccc3[nH]2)n1. The summed E-state index contributed by atoms with van der Waals surface area (Å²) in [7, 11) is 0. The number of carbonyl (C=O) groups excluding carboxylic acids is 1. The fourth-order valence-electron chi connectivity index (χ4n) is 2.65. The number of benzene rings is 1. The first-order valence-electron chi connectivity index (χ1n) is 7.60. The zero-order chi connectivity index (χ0) is 16.4. The minimum Gasteiger partial charge on any atom is -0.351 e. The van der Waals surface area contributed by atoms with Crippen LogP contribution in [0.5, 0.6) is 0 Å². The Morgan fingerprint density at radius 1 is 1.30 bits per heavy atom. The molecule has 0 saturated carbocycles. The second-order valence-electron chi connectivity index (χ2n) is 5.67. The van der Waals surface area contributed by atoms with Crippen LogP contribution in [0.3, 0.4) is 0 Å². The first-order chi connectivity index (χ1) is 11.0. The molecule has 6 heteroatoms. The van der Waals surface area contributed by atoms with Gasteiger partial charge in [-0.2, -0.15) is 5.10 Å². The van der Waals surface area contributed by atoms with Crippen LogP contribution in [0.2, 0.25) is 0 Å². The van der Waals surface area contributed by atoms with E-state index in [1.807, 2.05) is 42.8 Å². The van der Waals surface area contributed by atoms with Crippen LogP contribution in [0.15, 0.2) is 34.8 Å². The van der Waals surface area contributed by atoms with Gasteiger partial charge in [0.25, 0.3) is 5.91 Å². The molecule has 3 aromatic rings. The second-order valence-corrected chi connectivity index (χ2v) is 6.59. The molecule has 2 N–H and O–H groups in total. The Morgan fingerprint density at radius 3 is 2.87 bits per heavy atom. The lowest BCUT2D eigenvalue weighted by molar-refractivity contribution is 0.0948. The molecule has 0 aliphatic rings. The molecule has 0 aliphatic heterocycles. The summed E-state index contributed by atoms with van der Waals surface area (Å²) in [5, 5.41) is 8.38. The van der Waals surface area contributed by atoms with Crippen LogP contribution in [0.4, 0.5) is 0 Å². The Labute approximate surface area is 143 Å². The molecule has 0 bridgehead atoms. The first-order valence-corrected chi connectivity index (χ1v) is 8.40. The number of nitrogens with zero attached hydrogens (tertiary/aromatic N) is 2. The molecule has 0 aliphatic carbocycles. The molecule has 0 fully saturated rings. The number of aromatic amines is 1. The number of aromatic nitrogens is 3. The van der Waals surface area contributed by atoms with Gasteiger partial charge in [0.05, 0.1) is 5.69 Å². The number of nitrogens with one attached hydrogen (secondary N) is 2. The summed E-state index contributed by atoms with van der Waals surface area (Å²) in [6, 6.07) is 9.83. The van der Waals surface area contributed by atoms with Crippen molar-refractivity contribution < 1.29 is 4.79 Å². The molecule has 0 atom stereocenters. The Hall–Kier alpha value is -2.08. The van der Waals surface area contributed by atoms with Gasteiger partial charge in [-0.25, -0.2) is 0 Å². The average molecular weight is 375 g/mol. The average Bonchev–Trinajstić information content (AvgIpc) is 3.06. The molecule has 23 heavy (non-hydrogen) atoms. The van der Waals surface area contributed by atoms with Crippen molar-refractivity contribution >= 4 is 32.7 Å². The van der Waals surface area contributed by atoms with Gasteiger partial charge in [0.2, 0.25) is 0 Å². The van der Waals surface area contributed by atoms with E-state index in [2.05, 4.69) is 37.4 Å². The Bertz CT molecular complexity index is 850. The molecule has 120 valence electrons. The van der Waals surface area contributed by atoms with Crippen LogP contribution >= 0.6 is 15.9 Å². The maximum atomic E-state index is 12.2. The van der Waals surface area contributed by atoms with E-state index in [0.717, 1.165) is 39.7 Å². The molecule has 1 amide bonds. The highest BCUT2D eigenvalue weighted by molar-refractivity contribution is 9.10. The molecule has 2 aromatic heterocycles. The largest absolute Gasteiger partial charge is 0.351 e. The van der Waals surface area contributed by atoms with Crippen molar-refractivity contribution in [2.24, 2.45) is 0 Å². The van der Waals surface area contributed by atoms with Crippen LogP contribution in [-0.2, 0) is 6.54 Å². The highest BCUT2D eigenvalue weighted by Gasteiger charge is 2.09. The summed E-state index contributed by atoms with van der Waals surface area (Å²) in [6.45, 7) is 5.45. The third-order valence-electron chi connectivity index (χ3n) is 3.76. The van der Waals surface area contributed by atoms with Gasteiger partial charge in [0, 0.05) is 34.2 Å². The normalized spacial score (nSPS) is 11.1. The standard InChI is InChI=1S/C17H19BrN4O/c1-11-8-12(2)22(21-11)7-3-6-19-17(23)16-10-13-9-14(18)4-5-15(13)20-16/h4-5,8-10,20H,3,6-7H2,1-2H3,(H,19,23). The topological polar surface area (TPSA) is 62.7 Å². The van der Waals surface area contributed by atoms with E-state index in [1.165, 1.54) is 0 Å². The number of carbonyl (C=O) groups is 1. The van der Waals surface area contributed by atoms with E-state index in [-0.39, 0.29) is 5.91 Å². The summed E-state index contributed by atoms with van der Waals surface area (Å²) in [5.41, 5.74) is 3.72. The summed E-state index contributed by atoms with van der Waals surface area (Å²) >= 11 is 3.44. The Morgan fingerprint density at radius 2 is 2.13 bits per heavy atom. The minimum atomic E-state index is -0.0781. The molecule has 5 nitrogen and oxygen atoms in total. The van der Waals surface area contributed by atoms with Gasteiger partial charge >= 0.3 is 0 Å². The maximum absolute atomic E-state index is 12.2. The third kappa shape index (κ3) is 3.64. The van der Waals surface area contributed by atoms with Gasteiger partial charge in [-0.3, -0.25) is 9.48 Å². The van der Waals surface area contributed by atoms with Crippen LogP contribution in [0, 0.1) is 13.8 Å². The van der Waals surface area contributed by atoms with Gasteiger partial charge < -0.3 is 10.3 Å². The number of fused-ring (bicyclic) bond motifs is 1. The van der Waals surface area contributed by atoms with Gasteiger partial charge in [-0.05, 0) is 50.6 Å². The predicted octanol–water partition coefficient (Wildman–Crippen LogP) is 3.56. The van der Waals surface area contributed by atoms with Gasteiger partial charge in [0.15, 0.2) is 0 Å². The fraction of sp³-hybridized carbons (Fsp3) is 0.294. The van der Waals surface area contributed by atoms with Crippen molar-refractivity contribution in [3.8, 4) is 0 Å². The molecule has 0 spiro atoms. The van der Waals surface area contributed by atoms with E-state index in [1.54, 1.807) is 0 Å². The number of rotatable bonds is 5. The number of hydrogen-bond acceptors (Lipinski definition) is 2. The van der Waals surface area contributed by atoms with Crippen molar-refractivity contribution in [1.82, 2.24) is 20.1 Å². The van der Waals surface area contributed by atoms with Crippen LogP contribution in [0.25, 0.3) is 10.9 Å². The smallest absolute Gasteiger partial charge is 0.267 e. The Balaban J connectivity index is 1.55. The van der Waals surface area contributed by atoms with E-state index in [4.69, 9.17) is 0 Å². The summed E-state index contributed by atoms with van der Waals surface area (Å²) < 4.78 is 2.97. The van der Waals surface area contributed by atoms with Crippen molar-refractivity contribution in [1.29, 1.82) is 0 Å². The fourth-order valence-corrected chi connectivity index (χ4v) is 3.03.